The Bertz CT molecular complexity index is 676. The van der Waals surface area contributed by atoms with E-state index in [0.29, 0.717) is 5.56 Å². The summed E-state index contributed by atoms with van der Waals surface area (Å²) in [6.07, 6.45) is 0. The van der Waals surface area contributed by atoms with Crippen LogP contribution in [0.3, 0.4) is 0 Å². The molecule has 1 N–H and O–H groups in total. The maximum Gasteiger partial charge on any atom is 0.368 e. The van der Waals surface area contributed by atoms with Crippen LogP contribution in [0.4, 0.5) is 0 Å². The lowest BCUT2D eigenvalue weighted by molar-refractivity contribution is -0.289. The molecule has 0 amide bonds. The molecule has 2 rings (SSSR count). The molecule has 2 aromatic carbocycles. The van der Waals surface area contributed by atoms with Gasteiger partial charge in [-0.15, -0.1) is 0 Å². The maximum absolute atomic E-state index is 12.5. The van der Waals surface area contributed by atoms with E-state index in [1.807, 2.05) is 6.07 Å². The van der Waals surface area contributed by atoms with Gasteiger partial charge in [0.05, 0.1) is 5.56 Å². The van der Waals surface area contributed by atoms with E-state index in [2.05, 4.69) is 4.74 Å². The Balaban J connectivity index is 2.31. The summed E-state index contributed by atoms with van der Waals surface area (Å²) in [4.78, 5) is 23.5. The molecule has 0 spiro atoms. The number of esters is 1. The SMILES string of the molecule is CC(=O)OC(C)(O)Oc1ccccc1C(=O)c1ccccc1. The number of hydrogen-bond donors (Lipinski definition) is 1. The first-order chi connectivity index (χ1) is 10.4. The van der Waals surface area contributed by atoms with Gasteiger partial charge >= 0.3 is 11.9 Å². The number of rotatable bonds is 5. The molecule has 114 valence electrons. The second kappa shape index (κ2) is 6.41. The molecule has 0 fully saturated rings. The number of ether oxygens (including phenoxy) is 2. The minimum atomic E-state index is -2.15. The Morgan fingerprint density at radius 2 is 1.59 bits per heavy atom. The van der Waals surface area contributed by atoms with Crippen LogP contribution in [0.1, 0.15) is 29.8 Å². The van der Waals surface area contributed by atoms with Crippen LogP contribution in [0.25, 0.3) is 0 Å². The minimum Gasteiger partial charge on any atom is -0.429 e. The highest BCUT2D eigenvalue weighted by atomic mass is 16.8. The Morgan fingerprint density at radius 1 is 1.00 bits per heavy atom. The van der Waals surface area contributed by atoms with E-state index in [9.17, 15) is 14.7 Å². The van der Waals surface area contributed by atoms with Gasteiger partial charge in [-0.05, 0) is 12.1 Å². The third-order valence-corrected chi connectivity index (χ3v) is 2.80. The second-order valence-corrected chi connectivity index (χ2v) is 4.78. The molecule has 1 atom stereocenters. The lowest BCUT2D eigenvalue weighted by atomic mass is 10.0. The predicted octanol–water partition coefficient (Wildman–Crippen LogP) is 2.53. The molecule has 0 saturated carbocycles. The quantitative estimate of drug-likeness (QED) is 0.522. The van der Waals surface area contributed by atoms with Gasteiger partial charge in [-0.25, -0.2) is 0 Å². The average molecular weight is 300 g/mol. The lowest BCUT2D eigenvalue weighted by Gasteiger charge is -2.24. The predicted molar refractivity (Wildman–Crippen MR) is 79.3 cm³/mol. The number of para-hydroxylation sites is 1. The first-order valence-electron chi connectivity index (χ1n) is 6.69. The molecule has 0 radical (unpaired) electrons. The van der Waals surface area contributed by atoms with Crippen molar-refractivity contribution in [3.63, 3.8) is 0 Å². The zero-order valence-electron chi connectivity index (χ0n) is 12.3. The van der Waals surface area contributed by atoms with Crippen LogP contribution in [0.2, 0.25) is 0 Å². The van der Waals surface area contributed by atoms with E-state index in [0.717, 1.165) is 6.92 Å². The van der Waals surface area contributed by atoms with Crippen LogP contribution in [-0.4, -0.2) is 22.8 Å². The molecule has 5 heteroatoms. The lowest BCUT2D eigenvalue weighted by Crippen LogP contribution is -2.37. The van der Waals surface area contributed by atoms with Crippen molar-refractivity contribution in [3.8, 4) is 5.75 Å². The normalized spacial score (nSPS) is 13.0. The van der Waals surface area contributed by atoms with Crippen LogP contribution in [0.15, 0.2) is 54.6 Å². The zero-order chi connectivity index (χ0) is 16.2. The Morgan fingerprint density at radius 3 is 2.23 bits per heavy atom. The smallest absolute Gasteiger partial charge is 0.368 e. The molecule has 0 bridgehead atoms. The van der Waals surface area contributed by atoms with E-state index in [-0.39, 0.29) is 17.1 Å². The summed E-state index contributed by atoms with van der Waals surface area (Å²) in [5.74, 6) is -2.98. The highest BCUT2D eigenvalue weighted by molar-refractivity contribution is 6.10. The van der Waals surface area contributed by atoms with Gasteiger partial charge in [0.25, 0.3) is 0 Å². The summed E-state index contributed by atoms with van der Waals surface area (Å²) in [7, 11) is 0. The van der Waals surface area contributed by atoms with Gasteiger partial charge in [-0.3, -0.25) is 9.59 Å². The van der Waals surface area contributed by atoms with Gasteiger partial charge < -0.3 is 14.6 Å². The van der Waals surface area contributed by atoms with Crippen molar-refractivity contribution in [3.05, 3.63) is 65.7 Å². The van der Waals surface area contributed by atoms with Gasteiger partial charge in [-0.1, -0.05) is 42.5 Å². The van der Waals surface area contributed by atoms with Crippen molar-refractivity contribution < 1.29 is 24.2 Å². The summed E-state index contributed by atoms with van der Waals surface area (Å²) < 4.78 is 9.94. The molecule has 0 aromatic heterocycles. The summed E-state index contributed by atoms with van der Waals surface area (Å²) >= 11 is 0. The van der Waals surface area contributed by atoms with Gasteiger partial charge in [0.1, 0.15) is 5.75 Å². The Kier molecular flexibility index (Phi) is 4.58. The molecule has 0 aliphatic carbocycles. The first-order valence-corrected chi connectivity index (χ1v) is 6.69. The van der Waals surface area contributed by atoms with Gasteiger partial charge in [0.2, 0.25) is 0 Å². The number of carbonyl (C=O) groups excluding carboxylic acids is 2. The molecule has 5 nitrogen and oxygen atoms in total. The monoisotopic (exact) mass is 300 g/mol. The van der Waals surface area contributed by atoms with Gasteiger partial charge in [0.15, 0.2) is 5.78 Å². The van der Waals surface area contributed by atoms with E-state index in [1.165, 1.54) is 13.0 Å². The van der Waals surface area contributed by atoms with Crippen LogP contribution >= 0.6 is 0 Å². The summed E-state index contributed by atoms with van der Waals surface area (Å²) in [5, 5.41) is 9.94. The number of hydrogen-bond acceptors (Lipinski definition) is 5. The second-order valence-electron chi connectivity index (χ2n) is 4.78. The number of aliphatic hydroxyl groups is 1. The van der Waals surface area contributed by atoms with Crippen molar-refractivity contribution in [2.24, 2.45) is 0 Å². The summed E-state index contributed by atoms with van der Waals surface area (Å²) in [5.41, 5.74) is 0.756. The van der Waals surface area contributed by atoms with E-state index < -0.39 is 11.9 Å². The average Bonchev–Trinajstić information content (AvgIpc) is 2.46. The van der Waals surface area contributed by atoms with Crippen LogP contribution < -0.4 is 4.74 Å². The third kappa shape index (κ3) is 3.93. The van der Waals surface area contributed by atoms with E-state index in [4.69, 9.17) is 4.74 Å². The molecular weight excluding hydrogens is 284 g/mol. The van der Waals surface area contributed by atoms with Crippen molar-refractivity contribution in [1.82, 2.24) is 0 Å². The fourth-order valence-electron chi connectivity index (χ4n) is 1.98. The zero-order valence-corrected chi connectivity index (χ0v) is 12.3. The highest BCUT2D eigenvalue weighted by Gasteiger charge is 2.28. The van der Waals surface area contributed by atoms with Crippen LogP contribution in [-0.2, 0) is 9.53 Å². The first kappa shape index (κ1) is 15.7. The van der Waals surface area contributed by atoms with Crippen LogP contribution in [0, 0.1) is 0 Å². The fourth-order valence-corrected chi connectivity index (χ4v) is 1.98. The molecular formula is C17H16O5. The third-order valence-electron chi connectivity index (χ3n) is 2.80. The van der Waals surface area contributed by atoms with E-state index >= 15 is 0 Å². The van der Waals surface area contributed by atoms with E-state index in [1.54, 1.807) is 42.5 Å². The molecule has 2 aromatic rings. The molecule has 0 saturated heterocycles. The molecule has 22 heavy (non-hydrogen) atoms. The van der Waals surface area contributed by atoms with Crippen molar-refractivity contribution in [1.29, 1.82) is 0 Å². The highest BCUT2D eigenvalue weighted by Crippen LogP contribution is 2.25. The van der Waals surface area contributed by atoms with Gasteiger partial charge in [0, 0.05) is 19.4 Å². The molecule has 0 aliphatic heterocycles. The standard InChI is InChI=1S/C17H16O5/c1-12(18)21-17(2,20)22-15-11-7-6-10-14(15)16(19)13-8-4-3-5-9-13/h3-11,20H,1-2H3. The molecule has 0 heterocycles. The fraction of sp³-hybridized carbons (Fsp3) is 0.176. The van der Waals surface area contributed by atoms with Gasteiger partial charge in [-0.2, -0.15) is 0 Å². The topological polar surface area (TPSA) is 72.8 Å². The maximum atomic E-state index is 12.5. The van der Waals surface area contributed by atoms with Crippen molar-refractivity contribution in [2.75, 3.05) is 0 Å². The largest absolute Gasteiger partial charge is 0.429 e. The number of carbonyl (C=O) groups is 2. The Labute approximate surface area is 128 Å². The number of benzene rings is 2. The molecule has 1 unspecified atom stereocenters. The summed E-state index contributed by atoms with van der Waals surface area (Å²) in [6, 6.07) is 15.1. The van der Waals surface area contributed by atoms with Crippen LogP contribution in [0.5, 0.6) is 5.75 Å². The Hall–Kier alpha value is -2.66. The number of ketones is 1. The summed E-state index contributed by atoms with van der Waals surface area (Å²) in [6.45, 7) is 2.33. The van der Waals surface area contributed by atoms with Crippen molar-refractivity contribution in [2.45, 2.75) is 19.8 Å². The van der Waals surface area contributed by atoms with Crippen molar-refractivity contribution >= 4 is 11.8 Å². The minimum absolute atomic E-state index is 0.127. The molecule has 0 aliphatic rings.